The fourth-order valence-electron chi connectivity index (χ4n) is 1.64. The van der Waals surface area contributed by atoms with Gasteiger partial charge in [0.25, 0.3) is 5.56 Å². The Bertz CT molecular complexity index is 703. The maximum absolute atomic E-state index is 11.9. The van der Waals surface area contributed by atoms with E-state index in [4.69, 9.17) is 4.74 Å². The molecule has 1 aromatic carbocycles. The zero-order chi connectivity index (χ0) is 15.9. The molecule has 2 rings (SSSR count). The lowest BCUT2D eigenvalue weighted by molar-refractivity contribution is -0.113. The Labute approximate surface area is 139 Å². The Balaban J connectivity index is 1.93. The topological polar surface area (TPSA) is 84.1 Å². The van der Waals surface area contributed by atoms with Crippen LogP contribution in [0.4, 0.5) is 5.69 Å². The fraction of sp³-hybridized carbons (Fsp3) is 0.214. The lowest BCUT2D eigenvalue weighted by Crippen LogP contribution is -2.16. The fourth-order valence-corrected chi connectivity index (χ4v) is 2.60. The number of nitrogens with one attached hydrogen (secondary N) is 2. The average molecular weight is 384 g/mol. The molecule has 0 aliphatic rings. The van der Waals surface area contributed by atoms with Gasteiger partial charge in [-0.2, -0.15) is 0 Å². The molecule has 22 heavy (non-hydrogen) atoms. The van der Waals surface area contributed by atoms with Gasteiger partial charge in [0.05, 0.1) is 18.1 Å². The van der Waals surface area contributed by atoms with Crippen LogP contribution in [0.25, 0.3) is 0 Å². The zero-order valence-corrected chi connectivity index (χ0v) is 14.2. The summed E-state index contributed by atoms with van der Waals surface area (Å²) in [7, 11) is 1.53. The molecular weight excluding hydrogens is 370 g/mol. The monoisotopic (exact) mass is 383 g/mol. The van der Waals surface area contributed by atoms with Crippen LogP contribution in [0.1, 0.15) is 5.69 Å². The number of benzene rings is 1. The predicted molar refractivity (Wildman–Crippen MR) is 89.1 cm³/mol. The Morgan fingerprint density at radius 3 is 2.82 bits per heavy atom. The van der Waals surface area contributed by atoms with E-state index in [9.17, 15) is 9.59 Å². The van der Waals surface area contributed by atoms with Crippen LogP contribution in [-0.2, 0) is 16.1 Å². The number of carbonyl (C=O) groups is 1. The first-order chi connectivity index (χ1) is 10.6. The number of methoxy groups -OCH3 is 1. The minimum Gasteiger partial charge on any atom is -0.378 e. The lowest BCUT2D eigenvalue weighted by atomic mass is 10.3. The van der Waals surface area contributed by atoms with E-state index in [1.165, 1.54) is 13.2 Å². The number of anilines is 1. The van der Waals surface area contributed by atoms with Gasteiger partial charge >= 0.3 is 0 Å². The standard InChI is InChI=1S/C14H14BrN3O3S/c1-21-7-11-6-12(19)18-14(17-11)22-8-13(20)16-10-4-2-9(15)3-5-10/h2-6H,7-8H2,1H3,(H,16,20)(H,17,18,19). The molecule has 6 nitrogen and oxygen atoms in total. The number of nitrogens with zero attached hydrogens (tertiary/aromatic N) is 1. The highest BCUT2D eigenvalue weighted by Crippen LogP contribution is 2.16. The molecule has 0 aliphatic heterocycles. The second-order valence-corrected chi connectivity index (χ2v) is 6.20. The van der Waals surface area contributed by atoms with Crippen LogP contribution in [0, 0.1) is 0 Å². The molecule has 0 spiro atoms. The lowest BCUT2D eigenvalue weighted by Gasteiger charge is -2.06. The van der Waals surface area contributed by atoms with Crippen LogP contribution < -0.4 is 10.9 Å². The van der Waals surface area contributed by atoms with Crippen LogP contribution in [0.5, 0.6) is 0 Å². The number of hydrogen-bond acceptors (Lipinski definition) is 5. The highest BCUT2D eigenvalue weighted by molar-refractivity contribution is 9.10. The van der Waals surface area contributed by atoms with Gasteiger partial charge in [-0.05, 0) is 24.3 Å². The molecule has 2 aromatic rings. The van der Waals surface area contributed by atoms with E-state index in [0.717, 1.165) is 16.2 Å². The molecule has 0 unspecified atom stereocenters. The SMILES string of the molecule is COCc1cc(=O)[nH]c(SCC(=O)Nc2ccc(Br)cc2)n1. The summed E-state index contributed by atoms with van der Waals surface area (Å²) in [6.45, 7) is 0.253. The van der Waals surface area contributed by atoms with E-state index in [0.29, 0.717) is 16.5 Å². The summed E-state index contributed by atoms with van der Waals surface area (Å²) in [6, 6.07) is 8.65. The van der Waals surface area contributed by atoms with E-state index in [1.807, 2.05) is 12.1 Å². The van der Waals surface area contributed by atoms with Gasteiger partial charge in [0.1, 0.15) is 0 Å². The van der Waals surface area contributed by atoms with Crippen LogP contribution in [0.15, 0.2) is 44.8 Å². The number of rotatable bonds is 6. The summed E-state index contributed by atoms with van der Waals surface area (Å²) in [5, 5.41) is 3.16. The molecule has 1 aromatic heterocycles. The summed E-state index contributed by atoms with van der Waals surface area (Å²) in [6.07, 6.45) is 0. The van der Waals surface area contributed by atoms with Crippen molar-refractivity contribution in [1.29, 1.82) is 0 Å². The summed E-state index contributed by atoms with van der Waals surface area (Å²) >= 11 is 4.49. The highest BCUT2D eigenvalue weighted by atomic mass is 79.9. The first kappa shape index (κ1) is 16.7. The number of thioether (sulfide) groups is 1. The minimum atomic E-state index is -0.266. The number of hydrogen-bond donors (Lipinski definition) is 2. The van der Waals surface area contributed by atoms with Crippen molar-refractivity contribution in [3.05, 3.63) is 50.9 Å². The maximum atomic E-state index is 11.9. The summed E-state index contributed by atoms with van der Waals surface area (Å²) in [4.78, 5) is 30.2. The largest absolute Gasteiger partial charge is 0.378 e. The number of aromatic amines is 1. The normalized spacial score (nSPS) is 10.5. The van der Waals surface area contributed by atoms with Crippen LogP contribution in [0.2, 0.25) is 0 Å². The molecule has 0 saturated carbocycles. The molecule has 8 heteroatoms. The Hall–Kier alpha value is -1.64. The van der Waals surface area contributed by atoms with Crippen molar-refractivity contribution in [3.63, 3.8) is 0 Å². The third-order valence-electron chi connectivity index (χ3n) is 2.53. The third-order valence-corrected chi connectivity index (χ3v) is 3.94. The van der Waals surface area contributed by atoms with Crippen molar-refractivity contribution < 1.29 is 9.53 Å². The van der Waals surface area contributed by atoms with Crippen LogP contribution in [-0.4, -0.2) is 28.7 Å². The van der Waals surface area contributed by atoms with Gasteiger partial charge in [-0.3, -0.25) is 9.59 Å². The Kier molecular flexibility index (Phi) is 6.17. The van der Waals surface area contributed by atoms with Gasteiger partial charge in [-0.1, -0.05) is 27.7 Å². The maximum Gasteiger partial charge on any atom is 0.251 e. The second kappa shape index (κ2) is 8.11. The van der Waals surface area contributed by atoms with Gasteiger partial charge in [0, 0.05) is 23.3 Å². The molecule has 0 saturated heterocycles. The smallest absolute Gasteiger partial charge is 0.251 e. The van der Waals surface area contributed by atoms with Gasteiger partial charge in [-0.25, -0.2) is 4.98 Å². The molecule has 0 fully saturated rings. The summed E-state index contributed by atoms with van der Waals surface area (Å²) < 4.78 is 5.89. The van der Waals surface area contributed by atoms with Crippen LogP contribution in [0.3, 0.4) is 0 Å². The molecule has 1 amide bonds. The average Bonchev–Trinajstić information content (AvgIpc) is 2.47. The van der Waals surface area contributed by atoms with E-state index in [2.05, 4.69) is 31.2 Å². The van der Waals surface area contributed by atoms with Gasteiger partial charge < -0.3 is 15.0 Å². The predicted octanol–water partition coefficient (Wildman–Crippen LogP) is 2.41. The van der Waals surface area contributed by atoms with Gasteiger partial charge in [0.2, 0.25) is 5.91 Å². The number of amides is 1. The number of carbonyl (C=O) groups excluding carboxylic acids is 1. The molecular formula is C14H14BrN3O3S. The van der Waals surface area contributed by atoms with Crippen molar-refractivity contribution in [1.82, 2.24) is 9.97 Å². The molecule has 0 bridgehead atoms. The van der Waals surface area contributed by atoms with Crippen molar-refractivity contribution in [2.45, 2.75) is 11.8 Å². The second-order valence-electron chi connectivity index (χ2n) is 4.32. The zero-order valence-electron chi connectivity index (χ0n) is 11.8. The van der Waals surface area contributed by atoms with Crippen molar-refractivity contribution in [3.8, 4) is 0 Å². The van der Waals surface area contributed by atoms with Crippen molar-refractivity contribution in [2.75, 3.05) is 18.2 Å². The summed E-state index contributed by atoms with van der Waals surface area (Å²) in [5.74, 6) is -0.0257. The molecule has 0 atom stereocenters. The molecule has 0 aliphatic carbocycles. The van der Waals surface area contributed by atoms with E-state index < -0.39 is 0 Å². The number of ether oxygens (including phenoxy) is 1. The first-order valence-electron chi connectivity index (χ1n) is 6.34. The van der Waals surface area contributed by atoms with Crippen LogP contribution >= 0.6 is 27.7 Å². The van der Waals surface area contributed by atoms with Gasteiger partial charge in [-0.15, -0.1) is 0 Å². The number of halogens is 1. The first-order valence-corrected chi connectivity index (χ1v) is 8.12. The highest BCUT2D eigenvalue weighted by Gasteiger charge is 2.07. The third kappa shape index (κ3) is 5.28. The van der Waals surface area contributed by atoms with E-state index in [1.54, 1.807) is 12.1 Å². The molecule has 0 radical (unpaired) electrons. The number of aromatic nitrogens is 2. The molecule has 2 N–H and O–H groups in total. The number of H-pyrrole nitrogens is 1. The molecule has 1 heterocycles. The quantitative estimate of drug-likeness (QED) is 0.590. The van der Waals surface area contributed by atoms with E-state index >= 15 is 0 Å². The Morgan fingerprint density at radius 2 is 2.14 bits per heavy atom. The van der Waals surface area contributed by atoms with Gasteiger partial charge in [0.15, 0.2) is 5.16 Å². The minimum absolute atomic E-state index is 0.148. The Morgan fingerprint density at radius 1 is 1.41 bits per heavy atom. The van der Waals surface area contributed by atoms with E-state index in [-0.39, 0.29) is 23.8 Å². The summed E-state index contributed by atoms with van der Waals surface area (Å²) in [5.41, 5.74) is 0.975. The van der Waals surface area contributed by atoms with Crippen molar-refractivity contribution >= 4 is 39.3 Å². The molecule has 116 valence electrons. The van der Waals surface area contributed by atoms with Crippen molar-refractivity contribution in [2.24, 2.45) is 0 Å².